The maximum atomic E-state index is 12.7. The lowest BCUT2D eigenvalue weighted by Crippen LogP contribution is -2.26. The van der Waals surface area contributed by atoms with Gasteiger partial charge in [-0.1, -0.05) is 18.2 Å². The summed E-state index contributed by atoms with van der Waals surface area (Å²) in [6.45, 7) is 2.80. The maximum Gasteiger partial charge on any atom is 0.254 e. The van der Waals surface area contributed by atoms with Crippen molar-refractivity contribution < 1.29 is 9.53 Å². The highest BCUT2D eigenvalue weighted by Crippen LogP contribution is 2.18. The van der Waals surface area contributed by atoms with Gasteiger partial charge in [0.15, 0.2) is 0 Å². The molecule has 0 N–H and O–H groups in total. The Kier molecular flexibility index (Phi) is 5.84. The smallest absolute Gasteiger partial charge is 0.254 e. The minimum atomic E-state index is -0.0886. The summed E-state index contributed by atoms with van der Waals surface area (Å²) in [4.78, 5) is 18.7. The molecule has 3 aromatic rings. The number of rotatable bonds is 6. The molecule has 0 atom stereocenters. The molecule has 0 aliphatic rings. The van der Waals surface area contributed by atoms with Crippen LogP contribution in [0.1, 0.15) is 32.2 Å². The van der Waals surface area contributed by atoms with Gasteiger partial charge in [0.05, 0.1) is 22.3 Å². The fourth-order valence-electron chi connectivity index (χ4n) is 2.60. The van der Waals surface area contributed by atoms with E-state index >= 15 is 0 Å². The first kappa shape index (κ1) is 18.6. The number of carbonyl (C=O) groups excluding carboxylic acids is 1. The van der Waals surface area contributed by atoms with Crippen molar-refractivity contribution in [3.05, 3.63) is 81.3 Å². The van der Waals surface area contributed by atoms with Gasteiger partial charge in [0, 0.05) is 24.5 Å². The number of nitriles is 1. The molecule has 0 fully saturated rings. The topological polar surface area (TPSA) is 66.2 Å². The Hall–Kier alpha value is -3.17. The zero-order valence-electron chi connectivity index (χ0n) is 15.2. The lowest BCUT2D eigenvalue weighted by atomic mass is 10.1. The minimum Gasteiger partial charge on any atom is -0.487 e. The molecule has 0 bridgehead atoms. The molecule has 0 aliphatic heterocycles. The van der Waals surface area contributed by atoms with Crippen molar-refractivity contribution in [3.8, 4) is 11.8 Å². The molecule has 0 aliphatic carbocycles. The summed E-state index contributed by atoms with van der Waals surface area (Å²) in [6.07, 6.45) is 0. The third-order valence-corrected chi connectivity index (χ3v) is 4.81. The van der Waals surface area contributed by atoms with Crippen LogP contribution in [0.2, 0.25) is 0 Å². The second-order valence-corrected chi connectivity index (χ2v) is 7.21. The van der Waals surface area contributed by atoms with Crippen LogP contribution in [0.3, 0.4) is 0 Å². The Labute approximate surface area is 162 Å². The number of benzene rings is 2. The van der Waals surface area contributed by atoms with Crippen LogP contribution in [0.15, 0.2) is 53.9 Å². The van der Waals surface area contributed by atoms with Crippen molar-refractivity contribution in [2.45, 2.75) is 20.1 Å². The van der Waals surface area contributed by atoms with Gasteiger partial charge in [0.1, 0.15) is 12.4 Å². The van der Waals surface area contributed by atoms with Crippen molar-refractivity contribution in [1.29, 1.82) is 5.26 Å². The molecule has 136 valence electrons. The van der Waals surface area contributed by atoms with Crippen LogP contribution in [0.4, 0.5) is 0 Å². The van der Waals surface area contributed by atoms with Gasteiger partial charge in [-0.2, -0.15) is 5.26 Å². The van der Waals surface area contributed by atoms with Crippen molar-refractivity contribution in [2.24, 2.45) is 0 Å². The van der Waals surface area contributed by atoms with E-state index in [-0.39, 0.29) is 5.91 Å². The lowest BCUT2D eigenvalue weighted by Gasteiger charge is -2.18. The Morgan fingerprint density at radius 2 is 2.04 bits per heavy atom. The fourth-order valence-corrected chi connectivity index (χ4v) is 3.20. The summed E-state index contributed by atoms with van der Waals surface area (Å²) in [7, 11) is 1.76. The Bertz CT molecular complexity index is 974. The van der Waals surface area contributed by atoms with Gasteiger partial charge in [0.2, 0.25) is 0 Å². The van der Waals surface area contributed by atoms with E-state index in [1.165, 1.54) is 0 Å². The van der Waals surface area contributed by atoms with Crippen LogP contribution >= 0.6 is 11.3 Å². The van der Waals surface area contributed by atoms with Crippen LogP contribution in [0.25, 0.3) is 0 Å². The van der Waals surface area contributed by atoms with Crippen molar-refractivity contribution in [2.75, 3.05) is 7.05 Å². The van der Waals surface area contributed by atoms with Crippen LogP contribution in [-0.4, -0.2) is 22.8 Å². The monoisotopic (exact) mass is 377 g/mol. The molecule has 3 rings (SSSR count). The SMILES string of the molecule is Cc1nc(COc2cccc(C(=O)N(C)Cc3ccc(C#N)cc3)c2)cs1. The van der Waals surface area contributed by atoms with Gasteiger partial charge in [-0.25, -0.2) is 4.98 Å². The molecular formula is C21H19N3O2S. The summed E-state index contributed by atoms with van der Waals surface area (Å²) in [5, 5.41) is 11.8. The van der Waals surface area contributed by atoms with Crippen LogP contribution in [-0.2, 0) is 13.2 Å². The van der Waals surface area contributed by atoms with Crippen molar-refractivity contribution >= 4 is 17.2 Å². The molecule has 5 nitrogen and oxygen atoms in total. The Morgan fingerprint density at radius 1 is 1.26 bits per heavy atom. The zero-order valence-corrected chi connectivity index (χ0v) is 16.0. The standard InChI is InChI=1S/C21H19N3O2S/c1-15-23-19(14-27-15)13-26-20-5-3-4-18(10-20)21(25)24(2)12-17-8-6-16(11-22)7-9-17/h3-10,14H,12-13H2,1-2H3. The van der Waals surface area contributed by atoms with Gasteiger partial charge in [-0.15, -0.1) is 11.3 Å². The summed E-state index contributed by atoms with van der Waals surface area (Å²) in [5.74, 6) is 0.549. The molecule has 0 unspecified atom stereocenters. The summed E-state index contributed by atoms with van der Waals surface area (Å²) in [6, 6.07) is 16.5. The molecule has 6 heteroatoms. The number of amides is 1. The maximum absolute atomic E-state index is 12.7. The molecule has 1 aromatic heterocycles. The predicted octanol–water partition coefficient (Wildman–Crippen LogP) is 4.17. The highest BCUT2D eigenvalue weighted by Gasteiger charge is 2.13. The van der Waals surface area contributed by atoms with Crippen LogP contribution in [0.5, 0.6) is 5.75 Å². The number of thiazole rings is 1. The molecule has 1 amide bonds. The molecule has 0 radical (unpaired) electrons. The van der Waals surface area contributed by atoms with Crippen molar-refractivity contribution in [1.82, 2.24) is 9.88 Å². The van der Waals surface area contributed by atoms with Crippen LogP contribution in [0, 0.1) is 18.3 Å². The van der Waals surface area contributed by atoms with Gasteiger partial charge < -0.3 is 9.64 Å². The summed E-state index contributed by atoms with van der Waals surface area (Å²) in [5.41, 5.74) is 3.02. The van der Waals surface area contributed by atoms with E-state index in [4.69, 9.17) is 10.00 Å². The van der Waals surface area contributed by atoms with E-state index in [9.17, 15) is 4.79 Å². The lowest BCUT2D eigenvalue weighted by molar-refractivity contribution is 0.0784. The van der Waals surface area contributed by atoms with E-state index < -0.39 is 0 Å². The molecule has 2 aromatic carbocycles. The zero-order chi connectivity index (χ0) is 19.2. The molecular weight excluding hydrogens is 358 g/mol. The van der Waals surface area contributed by atoms with E-state index in [2.05, 4.69) is 11.1 Å². The van der Waals surface area contributed by atoms with Gasteiger partial charge in [-0.3, -0.25) is 4.79 Å². The van der Waals surface area contributed by atoms with E-state index in [0.717, 1.165) is 16.3 Å². The number of ether oxygens (including phenoxy) is 1. The summed E-state index contributed by atoms with van der Waals surface area (Å²) < 4.78 is 5.76. The average Bonchev–Trinajstić information content (AvgIpc) is 3.12. The quantitative estimate of drug-likeness (QED) is 0.646. The third kappa shape index (κ3) is 4.93. The largest absolute Gasteiger partial charge is 0.487 e. The van der Waals surface area contributed by atoms with Gasteiger partial charge in [-0.05, 0) is 42.8 Å². The Morgan fingerprint density at radius 3 is 2.70 bits per heavy atom. The first-order valence-corrected chi connectivity index (χ1v) is 9.31. The molecule has 0 spiro atoms. The number of hydrogen-bond acceptors (Lipinski definition) is 5. The fraction of sp³-hybridized carbons (Fsp3) is 0.190. The van der Waals surface area contributed by atoms with E-state index in [1.54, 1.807) is 47.5 Å². The first-order chi connectivity index (χ1) is 13.0. The molecule has 27 heavy (non-hydrogen) atoms. The first-order valence-electron chi connectivity index (χ1n) is 8.43. The van der Waals surface area contributed by atoms with E-state index in [1.807, 2.05) is 36.6 Å². The third-order valence-electron chi connectivity index (χ3n) is 3.98. The van der Waals surface area contributed by atoms with Gasteiger partial charge in [0.25, 0.3) is 5.91 Å². The average molecular weight is 377 g/mol. The number of aromatic nitrogens is 1. The normalized spacial score (nSPS) is 10.3. The second-order valence-electron chi connectivity index (χ2n) is 6.14. The number of aryl methyl sites for hydroxylation is 1. The predicted molar refractivity (Wildman–Crippen MR) is 105 cm³/mol. The summed E-state index contributed by atoms with van der Waals surface area (Å²) >= 11 is 1.58. The number of nitrogens with zero attached hydrogens (tertiary/aromatic N) is 3. The highest BCUT2D eigenvalue weighted by molar-refractivity contribution is 7.09. The molecule has 1 heterocycles. The van der Waals surface area contributed by atoms with E-state index in [0.29, 0.717) is 30.0 Å². The van der Waals surface area contributed by atoms with Crippen LogP contribution < -0.4 is 4.74 Å². The number of hydrogen-bond donors (Lipinski definition) is 0. The molecule has 0 saturated carbocycles. The minimum absolute atomic E-state index is 0.0886. The highest BCUT2D eigenvalue weighted by atomic mass is 32.1. The van der Waals surface area contributed by atoms with Crippen molar-refractivity contribution in [3.63, 3.8) is 0 Å². The van der Waals surface area contributed by atoms with Gasteiger partial charge >= 0.3 is 0 Å². The number of carbonyl (C=O) groups is 1. The Balaban J connectivity index is 1.63. The molecule has 0 saturated heterocycles. The second kappa shape index (κ2) is 8.47.